The Bertz CT molecular complexity index is 516. The van der Waals surface area contributed by atoms with Crippen LogP contribution in [0.15, 0.2) is 12.1 Å². The zero-order chi connectivity index (χ0) is 16.0. The third-order valence-corrected chi connectivity index (χ3v) is 3.13. The minimum atomic E-state index is -0.702. The van der Waals surface area contributed by atoms with Gasteiger partial charge < -0.3 is 15.8 Å². The van der Waals surface area contributed by atoms with Crippen molar-refractivity contribution < 1.29 is 14.5 Å². The predicted octanol–water partition coefficient (Wildman–Crippen LogP) is 2.13. The molecule has 0 fully saturated rings. The summed E-state index contributed by atoms with van der Waals surface area (Å²) in [6.45, 7) is 2.46. The molecule has 1 rings (SSSR count). The van der Waals surface area contributed by atoms with E-state index >= 15 is 0 Å². The molecule has 21 heavy (non-hydrogen) atoms. The number of nitrogens with two attached hydrogens (primary N) is 1. The van der Waals surface area contributed by atoms with E-state index in [9.17, 15) is 14.9 Å². The van der Waals surface area contributed by atoms with E-state index in [4.69, 9.17) is 33.7 Å². The van der Waals surface area contributed by atoms with Gasteiger partial charge >= 0.3 is 0 Å². The number of carbonyl (C=O) groups excluding carboxylic acids is 1. The Morgan fingerprint density at radius 3 is 2.48 bits per heavy atom. The first kappa shape index (κ1) is 17.5. The van der Waals surface area contributed by atoms with Gasteiger partial charge in [0.15, 0.2) is 5.75 Å². The van der Waals surface area contributed by atoms with Crippen molar-refractivity contribution in [1.29, 1.82) is 0 Å². The van der Waals surface area contributed by atoms with Gasteiger partial charge in [-0.3, -0.25) is 14.9 Å². The number of nitro groups is 1. The number of nitro benzene ring substituents is 1. The number of rotatable bonds is 8. The number of hydrogen-bond acceptors (Lipinski definition) is 5. The molecule has 3 N–H and O–H groups in total. The molecular formula is C12H15Cl2N3O4. The van der Waals surface area contributed by atoms with Crippen molar-refractivity contribution in [2.24, 2.45) is 5.73 Å². The van der Waals surface area contributed by atoms with Gasteiger partial charge in [-0.25, -0.2) is 0 Å². The van der Waals surface area contributed by atoms with Crippen molar-refractivity contribution >= 4 is 34.8 Å². The Morgan fingerprint density at radius 1 is 1.48 bits per heavy atom. The van der Waals surface area contributed by atoms with Gasteiger partial charge in [0, 0.05) is 12.1 Å². The number of hydrogen-bond donors (Lipinski definition) is 2. The lowest BCUT2D eigenvalue weighted by molar-refractivity contribution is -0.384. The lowest BCUT2D eigenvalue weighted by Gasteiger charge is -2.17. The Balaban J connectivity index is 2.83. The predicted molar refractivity (Wildman–Crippen MR) is 79.9 cm³/mol. The molecule has 0 radical (unpaired) electrons. The minimum Gasteiger partial charge on any atom is -0.488 e. The van der Waals surface area contributed by atoms with Gasteiger partial charge in [-0.15, -0.1) is 0 Å². The quantitative estimate of drug-likeness (QED) is 0.558. The molecule has 0 aliphatic rings. The number of amides is 1. The Kier molecular flexibility index (Phi) is 6.67. The first-order valence-corrected chi connectivity index (χ1v) is 6.91. The maximum absolute atomic E-state index is 11.3. The van der Waals surface area contributed by atoms with Crippen molar-refractivity contribution in [2.75, 3.05) is 13.2 Å². The summed E-state index contributed by atoms with van der Waals surface area (Å²) in [5.74, 6) is -0.494. The van der Waals surface area contributed by atoms with Crippen molar-refractivity contribution in [3.05, 3.63) is 32.3 Å². The van der Waals surface area contributed by atoms with E-state index in [1.54, 1.807) is 0 Å². The van der Waals surface area contributed by atoms with Crippen LogP contribution in [0, 0.1) is 10.1 Å². The van der Waals surface area contributed by atoms with Crippen molar-refractivity contribution in [3.63, 3.8) is 0 Å². The van der Waals surface area contributed by atoms with E-state index in [-0.39, 0.29) is 28.1 Å². The van der Waals surface area contributed by atoms with Crippen LogP contribution in [0.4, 0.5) is 5.69 Å². The molecular weight excluding hydrogens is 321 g/mol. The van der Waals surface area contributed by atoms with Crippen LogP contribution < -0.4 is 15.8 Å². The topological polar surface area (TPSA) is 107 Å². The smallest absolute Gasteiger partial charge is 0.272 e. The van der Waals surface area contributed by atoms with Gasteiger partial charge in [-0.05, 0) is 13.0 Å². The summed E-state index contributed by atoms with van der Waals surface area (Å²) < 4.78 is 5.37. The fourth-order valence-electron chi connectivity index (χ4n) is 1.52. The van der Waals surface area contributed by atoms with E-state index in [1.807, 2.05) is 6.92 Å². The normalized spacial score (nSPS) is 12.0. The maximum atomic E-state index is 11.3. The number of non-ortho nitro benzene ring substituents is 1. The van der Waals surface area contributed by atoms with E-state index in [1.165, 1.54) is 0 Å². The summed E-state index contributed by atoms with van der Waals surface area (Å²) in [5.41, 5.74) is 5.00. The molecule has 0 saturated heterocycles. The summed E-state index contributed by atoms with van der Waals surface area (Å²) in [6.07, 6.45) is 0.822. The van der Waals surface area contributed by atoms with Crippen LogP contribution in [0.2, 0.25) is 10.0 Å². The molecule has 116 valence electrons. The Morgan fingerprint density at radius 2 is 2.05 bits per heavy atom. The molecule has 0 bridgehead atoms. The zero-order valence-corrected chi connectivity index (χ0v) is 12.8. The number of nitrogens with zero attached hydrogens (tertiary/aromatic N) is 1. The summed E-state index contributed by atoms with van der Waals surface area (Å²) in [6, 6.07) is 1.55. The summed E-state index contributed by atoms with van der Waals surface area (Å²) in [4.78, 5) is 21.3. The van der Waals surface area contributed by atoms with Crippen molar-refractivity contribution in [3.8, 4) is 5.75 Å². The molecule has 1 unspecified atom stereocenters. The van der Waals surface area contributed by atoms with E-state index in [0.717, 1.165) is 18.6 Å². The highest BCUT2D eigenvalue weighted by atomic mass is 35.5. The van der Waals surface area contributed by atoms with Gasteiger partial charge in [-0.2, -0.15) is 0 Å². The monoisotopic (exact) mass is 335 g/mol. The molecule has 0 aromatic heterocycles. The van der Waals surface area contributed by atoms with Crippen LogP contribution >= 0.6 is 23.2 Å². The van der Waals surface area contributed by atoms with Gasteiger partial charge in [-0.1, -0.05) is 30.1 Å². The minimum absolute atomic E-state index is 0.00656. The van der Waals surface area contributed by atoms with E-state index in [0.29, 0.717) is 6.54 Å². The average molecular weight is 336 g/mol. The highest BCUT2D eigenvalue weighted by Crippen LogP contribution is 2.36. The number of halogens is 2. The lowest BCUT2D eigenvalue weighted by Crippen LogP contribution is -2.45. The summed E-state index contributed by atoms with van der Waals surface area (Å²) in [7, 11) is 0. The van der Waals surface area contributed by atoms with Crippen LogP contribution in [-0.2, 0) is 4.79 Å². The second-order valence-corrected chi connectivity index (χ2v) is 5.03. The van der Waals surface area contributed by atoms with E-state index in [2.05, 4.69) is 5.32 Å². The number of benzene rings is 1. The first-order valence-electron chi connectivity index (χ1n) is 6.15. The second kappa shape index (κ2) is 8.02. The fourth-order valence-corrected chi connectivity index (χ4v) is 2.10. The van der Waals surface area contributed by atoms with Gasteiger partial charge in [0.05, 0.1) is 15.0 Å². The molecule has 0 heterocycles. The molecule has 0 saturated carbocycles. The van der Waals surface area contributed by atoms with Crippen LogP contribution in [0.1, 0.15) is 13.3 Å². The lowest BCUT2D eigenvalue weighted by atomic mass is 10.2. The third-order valence-electron chi connectivity index (χ3n) is 2.57. The molecule has 7 nitrogen and oxygen atoms in total. The average Bonchev–Trinajstić information content (AvgIpc) is 2.40. The molecule has 1 aromatic carbocycles. The van der Waals surface area contributed by atoms with Crippen LogP contribution in [0.25, 0.3) is 0 Å². The molecule has 9 heteroatoms. The standard InChI is InChI=1S/C12H15Cl2N3O4/c1-2-3-16-10(12(15)18)6-21-11-8(13)4-7(17(19)20)5-9(11)14/h4-5,10,16H,2-3,6H2,1H3,(H2,15,18). The molecule has 0 aliphatic carbocycles. The largest absolute Gasteiger partial charge is 0.488 e. The highest BCUT2D eigenvalue weighted by molar-refractivity contribution is 6.37. The number of ether oxygens (including phenoxy) is 1. The second-order valence-electron chi connectivity index (χ2n) is 4.22. The van der Waals surface area contributed by atoms with Gasteiger partial charge in [0.2, 0.25) is 5.91 Å². The first-order chi connectivity index (χ1) is 9.86. The van der Waals surface area contributed by atoms with Crippen LogP contribution in [0.3, 0.4) is 0 Å². The summed E-state index contributed by atoms with van der Waals surface area (Å²) >= 11 is 11.8. The maximum Gasteiger partial charge on any atom is 0.272 e. The van der Waals surface area contributed by atoms with E-state index < -0.39 is 16.9 Å². The molecule has 1 atom stereocenters. The highest BCUT2D eigenvalue weighted by Gasteiger charge is 2.19. The number of carbonyl (C=O) groups is 1. The molecule has 1 amide bonds. The van der Waals surface area contributed by atoms with Crippen LogP contribution in [0.5, 0.6) is 5.75 Å². The van der Waals surface area contributed by atoms with Crippen LogP contribution in [-0.4, -0.2) is 30.0 Å². The molecule has 0 spiro atoms. The summed E-state index contributed by atoms with van der Waals surface area (Å²) in [5, 5.41) is 13.6. The Labute approximate surface area is 131 Å². The fraction of sp³-hybridized carbons (Fsp3) is 0.417. The molecule has 0 aliphatic heterocycles. The van der Waals surface area contributed by atoms with Crippen molar-refractivity contribution in [1.82, 2.24) is 5.32 Å². The Hall–Kier alpha value is -1.57. The van der Waals surface area contributed by atoms with Gasteiger partial charge in [0.25, 0.3) is 5.69 Å². The third kappa shape index (κ3) is 5.04. The van der Waals surface area contributed by atoms with Gasteiger partial charge in [0.1, 0.15) is 12.6 Å². The van der Waals surface area contributed by atoms with Crippen molar-refractivity contribution in [2.45, 2.75) is 19.4 Å². The molecule has 1 aromatic rings. The number of nitrogens with one attached hydrogen (secondary N) is 1. The SMILES string of the molecule is CCCNC(COc1c(Cl)cc([N+](=O)[O-])cc1Cl)C(N)=O. The number of primary amides is 1. The zero-order valence-electron chi connectivity index (χ0n) is 11.3.